The predicted octanol–water partition coefficient (Wildman–Crippen LogP) is 5.76. The Labute approximate surface area is 186 Å². The average Bonchev–Trinajstić information content (AvgIpc) is 2.95. The van der Waals surface area contributed by atoms with E-state index < -0.39 is 0 Å². The van der Waals surface area contributed by atoms with Crippen LogP contribution in [0.5, 0.6) is 0 Å². The number of likely N-dealkylation sites (tertiary alicyclic amines) is 1. The maximum atomic E-state index is 13.4. The van der Waals surface area contributed by atoms with Gasteiger partial charge in [-0.25, -0.2) is 0 Å². The molecule has 3 rings (SSSR count). The van der Waals surface area contributed by atoms with Crippen molar-refractivity contribution in [3.05, 3.63) is 40.5 Å². The van der Waals surface area contributed by atoms with Crippen LogP contribution in [0.3, 0.4) is 0 Å². The second-order valence-corrected chi connectivity index (χ2v) is 9.55. The van der Waals surface area contributed by atoms with Crippen molar-refractivity contribution in [2.24, 2.45) is 11.8 Å². The first kappa shape index (κ1) is 22.9. The lowest BCUT2D eigenvalue weighted by molar-refractivity contribution is -0.137. The quantitative estimate of drug-likeness (QED) is 0.369. The van der Waals surface area contributed by atoms with Gasteiger partial charge < -0.3 is 4.90 Å². The first-order valence-corrected chi connectivity index (χ1v) is 11.9. The van der Waals surface area contributed by atoms with E-state index in [1.807, 2.05) is 12.1 Å². The standard InChI is InChI=1S/C25H35ClN2O2/c1-4-5-6-7-8-9-14-28-24(29)22(20-10-12-21(26)13-11-20)23(25(28)30)27-16-18(2)15-19(3)17-27/h10-13,18-19H,4-9,14-17H2,1-3H3. The number of hydrogen-bond donors (Lipinski definition) is 0. The van der Waals surface area contributed by atoms with Crippen LogP contribution >= 0.6 is 11.6 Å². The first-order chi connectivity index (χ1) is 14.4. The molecule has 0 spiro atoms. The van der Waals surface area contributed by atoms with Gasteiger partial charge in [-0.3, -0.25) is 14.5 Å². The monoisotopic (exact) mass is 430 g/mol. The van der Waals surface area contributed by atoms with E-state index in [1.165, 1.54) is 24.2 Å². The van der Waals surface area contributed by atoms with Crippen molar-refractivity contribution in [3.8, 4) is 0 Å². The molecule has 2 aliphatic heterocycles. The van der Waals surface area contributed by atoms with Gasteiger partial charge in [0.05, 0.1) is 5.57 Å². The molecule has 2 amide bonds. The third-order valence-electron chi connectivity index (χ3n) is 6.20. The fraction of sp³-hybridized carbons (Fsp3) is 0.600. The molecule has 30 heavy (non-hydrogen) atoms. The summed E-state index contributed by atoms with van der Waals surface area (Å²) in [5.41, 5.74) is 1.92. The van der Waals surface area contributed by atoms with E-state index in [0.717, 1.165) is 44.3 Å². The number of hydrogen-bond acceptors (Lipinski definition) is 3. The number of amides is 2. The van der Waals surface area contributed by atoms with Crippen LogP contribution in [-0.2, 0) is 9.59 Å². The maximum absolute atomic E-state index is 13.4. The summed E-state index contributed by atoms with van der Waals surface area (Å²) in [5, 5.41) is 0.627. The lowest BCUT2D eigenvalue weighted by Crippen LogP contribution is -2.42. The van der Waals surface area contributed by atoms with Crippen LogP contribution in [0.2, 0.25) is 5.02 Å². The molecule has 5 heteroatoms. The number of imide groups is 1. The number of piperidine rings is 1. The normalized spacial score (nSPS) is 22.4. The van der Waals surface area contributed by atoms with Gasteiger partial charge in [0.1, 0.15) is 5.70 Å². The zero-order valence-electron chi connectivity index (χ0n) is 18.6. The molecule has 1 saturated heterocycles. The summed E-state index contributed by atoms with van der Waals surface area (Å²) in [6.45, 7) is 8.79. The van der Waals surface area contributed by atoms with Crippen LogP contribution in [0, 0.1) is 11.8 Å². The Morgan fingerprint density at radius 2 is 1.50 bits per heavy atom. The number of nitrogens with zero attached hydrogens (tertiary/aromatic N) is 2. The van der Waals surface area contributed by atoms with Crippen LogP contribution in [0.15, 0.2) is 30.0 Å². The molecule has 0 aromatic heterocycles. The smallest absolute Gasteiger partial charge is 0.277 e. The Kier molecular flexibility index (Phi) is 7.99. The number of carbonyl (C=O) groups is 2. The molecule has 1 aromatic rings. The molecule has 4 nitrogen and oxygen atoms in total. The number of rotatable bonds is 9. The minimum atomic E-state index is -0.156. The van der Waals surface area contributed by atoms with Gasteiger partial charge in [0.15, 0.2) is 0 Å². The minimum Gasteiger partial charge on any atom is -0.366 e. The van der Waals surface area contributed by atoms with Crippen molar-refractivity contribution in [1.82, 2.24) is 9.80 Å². The Morgan fingerprint density at radius 1 is 0.900 bits per heavy atom. The molecule has 2 heterocycles. The van der Waals surface area contributed by atoms with E-state index in [-0.39, 0.29) is 11.8 Å². The van der Waals surface area contributed by atoms with Gasteiger partial charge in [-0.2, -0.15) is 0 Å². The highest BCUT2D eigenvalue weighted by Crippen LogP contribution is 2.35. The van der Waals surface area contributed by atoms with E-state index in [4.69, 9.17) is 11.6 Å². The van der Waals surface area contributed by atoms with Gasteiger partial charge in [-0.05, 0) is 42.4 Å². The van der Waals surface area contributed by atoms with Crippen LogP contribution in [-0.4, -0.2) is 41.2 Å². The van der Waals surface area contributed by atoms with Crippen molar-refractivity contribution >= 4 is 29.0 Å². The van der Waals surface area contributed by atoms with E-state index in [2.05, 4.69) is 25.7 Å². The van der Waals surface area contributed by atoms with Crippen LogP contribution in [0.4, 0.5) is 0 Å². The summed E-state index contributed by atoms with van der Waals surface area (Å²) >= 11 is 6.07. The number of benzene rings is 1. The summed E-state index contributed by atoms with van der Waals surface area (Å²) in [4.78, 5) is 30.4. The Morgan fingerprint density at radius 3 is 2.13 bits per heavy atom. The number of halogens is 1. The topological polar surface area (TPSA) is 40.6 Å². The number of carbonyl (C=O) groups excluding carboxylic acids is 2. The van der Waals surface area contributed by atoms with Gasteiger partial charge in [0.25, 0.3) is 11.8 Å². The van der Waals surface area contributed by atoms with Gasteiger partial charge in [-0.1, -0.05) is 76.6 Å². The molecule has 0 bridgehead atoms. The summed E-state index contributed by atoms with van der Waals surface area (Å²) in [6.07, 6.45) is 7.93. The molecule has 0 saturated carbocycles. The van der Waals surface area contributed by atoms with Gasteiger partial charge in [0, 0.05) is 24.7 Å². The van der Waals surface area contributed by atoms with Gasteiger partial charge in [0.2, 0.25) is 0 Å². The molecule has 0 N–H and O–H groups in total. The van der Waals surface area contributed by atoms with Crippen molar-refractivity contribution in [2.75, 3.05) is 19.6 Å². The lowest BCUT2D eigenvalue weighted by Gasteiger charge is -2.37. The molecular formula is C25H35ClN2O2. The van der Waals surface area contributed by atoms with E-state index >= 15 is 0 Å². The first-order valence-electron chi connectivity index (χ1n) is 11.5. The second-order valence-electron chi connectivity index (χ2n) is 9.11. The predicted molar refractivity (Wildman–Crippen MR) is 123 cm³/mol. The second kappa shape index (κ2) is 10.5. The Hall–Kier alpha value is -1.81. The highest BCUT2D eigenvalue weighted by atomic mass is 35.5. The van der Waals surface area contributed by atoms with Crippen molar-refractivity contribution < 1.29 is 9.59 Å². The molecule has 1 aromatic carbocycles. The molecular weight excluding hydrogens is 396 g/mol. The van der Waals surface area contributed by atoms with E-state index in [0.29, 0.717) is 34.7 Å². The van der Waals surface area contributed by atoms with E-state index in [1.54, 1.807) is 12.1 Å². The third-order valence-corrected chi connectivity index (χ3v) is 6.45. The maximum Gasteiger partial charge on any atom is 0.277 e. The van der Waals surface area contributed by atoms with Crippen LogP contribution in [0.25, 0.3) is 5.57 Å². The molecule has 1 fully saturated rings. The number of unbranched alkanes of at least 4 members (excludes halogenated alkanes) is 5. The highest BCUT2D eigenvalue weighted by molar-refractivity contribution is 6.36. The fourth-order valence-electron chi connectivity index (χ4n) is 4.83. The van der Waals surface area contributed by atoms with Crippen molar-refractivity contribution in [3.63, 3.8) is 0 Å². The molecule has 2 atom stereocenters. The summed E-state index contributed by atoms with van der Waals surface area (Å²) in [6, 6.07) is 7.29. The third kappa shape index (κ3) is 5.26. The van der Waals surface area contributed by atoms with Crippen molar-refractivity contribution in [2.45, 2.75) is 65.7 Å². The highest BCUT2D eigenvalue weighted by Gasteiger charge is 2.42. The molecule has 2 unspecified atom stereocenters. The zero-order valence-corrected chi connectivity index (χ0v) is 19.4. The molecule has 164 valence electrons. The molecule has 0 radical (unpaired) electrons. The summed E-state index contributed by atoms with van der Waals surface area (Å²) in [7, 11) is 0. The average molecular weight is 431 g/mol. The Balaban J connectivity index is 1.83. The van der Waals surface area contributed by atoms with E-state index in [9.17, 15) is 9.59 Å². The summed E-state index contributed by atoms with van der Waals surface area (Å²) in [5.74, 6) is 0.725. The SMILES string of the molecule is CCCCCCCCN1C(=O)C(c2ccc(Cl)cc2)=C(N2CC(C)CC(C)C2)C1=O. The lowest BCUT2D eigenvalue weighted by atomic mass is 9.91. The van der Waals surface area contributed by atoms with Gasteiger partial charge >= 0.3 is 0 Å². The van der Waals surface area contributed by atoms with Crippen LogP contribution in [0.1, 0.15) is 71.3 Å². The summed E-state index contributed by atoms with van der Waals surface area (Å²) < 4.78 is 0. The Bertz CT molecular complexity index is 777. The fourth-order valence-corrected chi connectivity index (χ4v) is 4.96. The zero-order chi connectivity index (χ0) is 21.7. The van der Waals surface area contributed by atoms with Crippen molar-refractivity contribution in [1.29, 1.82) is 0 Å². The molecule has 2 aliphatic rings. The minimum absolute atomic E-state index is 0.125. The van der Waals surface area contributed by atoms with Gasteiger partial charge in [-0.15, -0.1) is 0 Å². The molecule has 0 aliphatic carbocycles. The van der Waals surface area contributed by atoms with Crippen LogP contribution < -0.4 is 0 Å². The largest absolute Gasteiger partial charge is 0.366 e.